The highest BCUT2D eigenvalue weighted by atomic mass is 32.2. The maximum atomic E-state index is 13.4. The van der Waals surface area contributed by atoms with E-state index in [4.69, 9.17) is 5.11 Å². The summed E-state index contributed by atoms with van der Waals surface area (Å²) in [5, 5.41) is 2.98. The van der Waals surface area contributed by atoms with Crippen molar-refractivity contribution in [3.63, 3.8) is 0 Å². The van der Waals surface area contributed by atoms with Gasteiger partial charge in [0.05, 0.1) is 0 Å². The molecule has 0 aliphatic carbocycles. The number of carboxylic acids is 1. The molecule has 19 heavy (non-hydrogen) atoms. The van der Waals surface area contributed by atoms with E-state index in [0.29, 0.717) is 0 Å². The van der Waals surface area contributed by atoms with Crippen LogP contribution in [0.1, 0.15) is 0 Å². The van der Waals surface area contributed by atoms with Crippen LogP contribution in [0.15, 0.2) is 35.2 Å². The van der Waals surface area contributed by atoms with Gasteiger partial charge in [-0.3, -0.25) is 0 Å². The Morgan fingerprint density at radius 1 is 1.00 bits per heavy atom. The van der Waals surface area contributed by atoms with Crippen LogP contribution < -0.4 is 0 Å². The number of hydrogen-bond donors (Lipinski definition) is 1. The van der Waals surface area contributed by atoms with Crippen molar-refractivity contribution < 1.29 is 36.2 Å². The van der Waals surface area contributed by atoms with Crippen molar-refractivity contribution in [3.8, 4) is 0 Å². The fourth-order valence-electron chi connectivity index (χ4n) is 1.12. The highest BCUT2D eigenvalue weighted by Gasteiger charge is 2.77. The van der Waals surface area contributed by atoms with Crippen LogP contribution in [0.2, 0.25) is 0 Å². The van der Waals surface area contributed by atoms with Crippen molar-refractivity contribution in [3.05, 3.63) is 30.3 Å². The van der Waals surface area contributed by atoms with Gasteiger partial charge in [-0.05, 0) is 23.9 Å². The van der Waals surface area contributed by atoms with Crippen LogP contribution in [-0.4, -0.2) is 28.2 Å². The zero-order chi connectivity index (χ0) is 14.9. The second-order valence-corrected chi connectivity index (χ2v) is 4.58. The van der Waals surface area contributed by atoms with Gasteiger partial charge in [0.2, 0.25) is 0 Å². The van der Waals surface area contributed by atoms with Crippen molar-refractivity contribution in [1.82, 2.24) is 0 Å². The predicted molar refractivity (Wildman–Crippen MR) is 54.8 cm³/mol. The molecular weight excluding hydrogens is 298 g/mol. The standard InChI is InChI=1S/C10H6F6O2S/c11-8(7(17)18,9(12,13)14)10(15,16)19-6-4-2-1-3-5-6/h1-5H,(H,17,18). The summed E-state index contributed by atoms with van der Waals surface area (Å²) < 4.78 is 77.1. The fourth-order valence-corrected chi connectivity index (χ4v) is 2.05. The summed E-state index contributed by atoms with van der Waals surface area (Å²) >= 11 is -0.801. The second-order valence-electron chi connectivity index (χ2n) is 3.39. The molecule has 0 fully saturated rings. The molecule has 0 aliphatic rings. The van der Waals surface area contributed by atoms with E-state index in [1.165, 1.54) is 18.2 Å². The molecule has 0 radical (unpaired) electrons. The van der Waals surface area contributed by atoms with Crippen molar-refractivity contribution in [1.29, 1.82) is 0 Å². The van der Waals surface area contributed by atoms with Crippen LogP contribution in [-0.2, 0) is 4.79 Å². The minimum Gasteiger partial charge on any atom is -0.478 e. The number of carboxylic acid groups (broad SMARTS) is 1. The Kier molecular flexibility index (Phi) is 4.08. The van der Waals surface area contributed by atoms with E-state index in [1.54, 1.807) is 0 Å². The molecule has 106 valence electrons. The van der Waals surface area contributed by atoms with E-state index >= 15 is 0 Å². The van der Waals surface area contributed by atoms with Gasteiger partial charge < -0.3 is 5.11 Å². The Hall–Kier alpha value is -1.38. The molecule has 1 unspecified atom stereocenters. The van der Waals surface area contributed by atoms with Crippen molar-refractivity contribution >= 4 is 17.7 Å². The third kappa shape index (κ3) is 2.80. The van der Waals surface area contributed by atoms with Crippen molar-refractivity contribution in [2.45, 2.75) is 22.0 Å². The van der Waals surface area contributed by atoms with E-state index in [0.717, 1.165) is 12.1 Å². The predicted octanol–water partition coefficient (Wildman–Crippen LogP) is 3.73. The Morgan fingerprint density at radius 3 is 1.84 bits per heavy atom. The summed E-state index contributed by atoms with van der Waals surface area (Å²) in [6, 6.07) is 5.92. The summed E-state index contributed by atoms with van der Waals surface area (Å²) in [6.07, 6.45) is -6.25. The molecular formula is C10H6F6O2S. The number of rotatable bonds is 4. The van der Waals surface area contributed by atoms with Crippen LogP contribution in [0.4, 0.5) is 26.3 Å². The first kappa shape index (κ1) is 15.7. The molecule has 0 bridgehead atoms. The van der Waals surface area contributed by atoms with E-state index < -0.39 is 34.8 Å². The van der Waals surface area contributed by atoms with Crippen LogP contribution in [0.25, 0.3) is 0 Å². The van der Waals surface area contributed by atoms with Gasteiger partial charge in [-0.15, -0.1) is 0 Å². The number of carbonyl (C=O) groups is 1. The lowest BCUT2D eigenvalue weighted by atomic mass is 10.1. The van der Waals surface area contributed by atoms with Gasteiger partial charge in [0.15, 0.2) is 0 Å². The van der Waals surface area contributed by atoms with Gasteiger partial charge in [-0.1, -0.05) is 18.2 Å². The lowest BCUT2D eigenvalue weighted by molar-refractivity contribution is -0.273. The molecule has 2 nitrogen and oxygen atoms in total. The van der Waals surface area contributed by atoms with Gasteiger partial charge in [0, 0.05) is 4.90 Å². The highest BCUT2D eigenvalue weighted by molar-refractivity contribution is 8.00. The van der Waals surface area contributed by atoms with Gasteiger partial charge in [-0.25, -0.2) is 9.18 Å². The average molecular weight is 304 g/mol. The second kappa shape index (κ2) is 4.95. The summed E-state index contributed by atoms with van der Waals surface area (Å²) in [5.41, 5.74) is -5.67. The monoisotopic (exact) mass is 304 g/mol. The Bertz CT molecular complexity index is 461. The molecule has 1 N–H and O–H groups in total. The van der Waals surface area contributed by atoms with Crippen molar-refractivity contribution in [2.75, 3.05) is 0 Å². The maximum Gasteiger partial charge on any atom is 0.440 e. The summed E-state index contributed by atoms with van der Waals surface area (Å²) in [7, 11) is 0. The number of halogens is 6. The first-order chi connectivity index (χ1) is 8.52. The largest absolute Gasteiger partial charge is 0.478 e. The third-order valence-corrected chi connectivity index (χ3v) is 3.12. The molecule has 0 aliphatic heterocycles. The zero-order valence-corrected chi connectivity index (χ0v) is 9.73. The molecule has 0 heterocycles. The molecule has 1 aromatic carbocycles. The third-order valence-electron chi connectivity index (χ3n) is 2.08. The molecule has 0 saturated carbocycles. The van der Waals surface area contributed by atoms with Gasteiger partial charge >= 0.3 is 23.1 Å². The number of thioether (sulfide) groups is 1. The Balaban J connectivity index is 3.19. The molecule has 0 spiro atoms. The van der Waals surface area contributed by atoms with Crippen LogP contribution in [0.5, 0.6) is 0 Å². The average Bonchev–Trinajstić information content (AvgIpc) is 2.26. The van der Waals surface area contributed by atoms with Crippen LogP contribution >= 0.6 is 11.8 Å². The number of benzene rings is 1. The smallest absolute Gasteiger partial charge is 0.440 e. The van der Waals surface area contributed by atoms with Gasteiger partial charge in [0.25, 0.3) is 0 Å². The van der Waals surface area contributed by atoms with Gasteiger partial charge in [-0.2, -0.15) is 22.0 Å². The topological polar surface area (TPSA) is 37.3 Å². The molecule has 0 aromatic heterocycles. The Labute approximate surface area is 107 Å². The van der Waals surface area contributed by atoms with E-state index in [-0.39, 0.29) is 4.90 Å². The summed E-state index contributed by atoms with van der Waals surface area (Å²) in [6.45, 7) is 0. The lowest BCUT2D eigenvalue weighted by Gasteiger charge is -2.30. The first-order valence-electron chi connectivity index (χ1n) is 4.63. The van der Waals surface area contributed by atoms with Crippen molar-refractivity contribution in [2.24, 2.45) is 0 Å². The Morgan fingerprint density at radius 2 is 1.47 bits per heavy atom. The molecule has 1 atom stereocenters. The molecule has 9 heteroatoms. The van der Waals surface area contributed by atoms with Gasteiger partial charge in [0.1, 0.15) is 0 Å². The normalized spacial score (nSPS) is 15.9. The quantitative estimate of drug-likeness (QED) is 0.680. The number of alkyl halides is 6. The zero-order valence-electron chi connectivity index (χ0n) is 8.92. The van der Waals surface area contributed by atoms with Crippen LogP contribution in [0.3, 0.4) is 0 Å². The van der Waals surface area contributed by atoms with E-state index in [1.807, 2.05) is 0 Å². The number of aliphatic carboxylic acids is 1. The highest BCUT2D eigenvalue weighted by Crippen LogP contribution is 2.53. The first-order valence-corrected chi connectivity index (χ1v) is 5.45. The number of hydrogen-bond acceptors (Lipinski definition) is 2. The maximum absolute atomic E-state index is 13.4. The van der Waals surface area contributed by atoms with Crippen LogP contribution in [0, 0.1) is 0 Å². The van der Waals surface area contributed by atoms with E-state index in [9.17, 15) is 31.1 Å². The summed E-state index contributed by atoms with van der Waals surface area (Å²) in [4.78, 5) is 9.93. The molecule has 1 aromatic rings. The summed E-state index contributed by atoms with van der Waals surface area (Å²) in [5.74, 6) is -3.28. The van der Waals surface area contributed by atoms with E-state index in [2.05, 4.69) is 0 Å². The molecule has 0 amide bonds. The fraction of sp³-hybridized carbons (Fsp3) is 0.300. The SMILES string of the molecule is O=C(O)C(F)(C(F)(F)F)C(F)(F)Sc1ccccc1. The molecule has 1 rings (SSSR count). The lowest BCUT2D eigenvalue weighted by Crippen LogP contribution is -2.59. The minimum atomic E-state index is -6.25. The molecule has 0 saturated heterocycles. The minimum absolute atomic E-state index is 0.389.